The van der Waals surface area contributed by atoms with Crippen molar-refractivity contribution < 1.29 is 9.53 Å². The lowest BCUT2D eigenvalue weighted by Gasteiger charge is -2.14. The molecule has 1 aromatic carbocycles. The van der Waals surface area contributed by atoms with Gasteiger partial charge in [-0.25, -0.2) is 9.36 Å². The molecule has 0 saturated carbocycles. The average Bonchev–Trinajstić information content (AvgIpc) is 3.48. The van der Waals surface area contributed by atoms with Gasteiger partial charge < -0.3 is 10.1 Å². The normalized spacial score (nSPS) is 16.5. The number of thioether (sulfide) groups is 1. The first-order valence-electron chi connectivity index (χ1n) is 10.4. The number of nitrogens with one attached hydrogen (secondary N) is 1. The summed E-state index contributed by atoms with van der Waals surface area (Å²) in [6.45, 7) is 7.68. The minimum atomic E-state index is -0.144. The summed E-state index contributed by atoms with van der Waals surface area (Å²) >= 11 is 1.31. The largest absolute Gasteiger partial charge is 0.376 e. The number of carbonyl (C=O) groups excluding carboxylic acids is 1. The summed E-state index contributed by atoms with van der Waals surface area (Å²) in [6.07, 6.45) is 2.20. The summed E-state index contributed by atoms with van der Waals surface area (Å²) in [6, 6.07) is 11.7. The molecule has 3 aromatic rings. The molecule has 10 heteroatoms. The van der Waals surface area contributed by atoms with E-state index < -0.39 is 0 Å². The molecule has 9 nitrogen and oxygen atoms in total. The van der Waals surface area contributed by atoms with Crippen LogP contribution in [0.4, 0.5) is 5.82 Å². The number of hydrogen-bond acceptors (Lipinski definition) is 7. The van der Waals surface area contributed by atoms with Gasteiger partial charge in [0.25, 0.3) is 0 Å². The van der Waals surface area contributed by atoms with Crippen molar-refractivity contribution in [3.8, 4) is 5.69 Å². The van der Waals surface area contributed by atoms with E-state index >= 15 is 0 Å². The van der Waals surface area contributed by atoms with Crippen LogP contribution in [0.25, 0.3) is 5.69 Å². The van der Waals surface area contributed by atoms with E-state index in [1.807, 2.05) is 36.4 Å². The molecule has 0 spiro atoms. The number of amides is 1. The standard InChI is InChI=1S/C21H27N7O2S/c1-21(2,3)17-12-18(28(24-17)15-8-5-4-6-9-15)22-19(29)14-31-20-23-25-26-27(20)13-16-10-7-11-30-16/h4-6,8-9,12,16H,7,10-11,13-14H2,1-3H3,(H,22,29). The highest BCUT2D eigenvalue weighted by Crippen LogP contribution is 2.26. The summed E-state index contributed by atoms with van der Waals surface area (Å²) in [7, 11) is 0. The zero-order chi connectivity index (χ0) is 21.8. The Morgan fingerprint density at radius 2 is 2.10 bits per heavy atom. The Labute approximate surface area is 185 Å². The maximum Gasteiger partial charge on any atom is 0.236 e. The molecule has 1 unspecified atom stereocenters. The molecule has 3 heterocycles. The zero-order valence-corrected chi connectivity index (χ0v) is 18.8. The van der Waals surface area contributed by atoms with E-state index in [9.17, 15) is 4.79 Å². The molecule has 0 bridgehead atoms. The van der Waals surface area contributed by atoms with Gasteiger partial charge in [0.2, 0.25) is 11.1 Å². The van der Waals surface area contributed by atoms with Crippen molar-refractivity contribution in [3.05, 3.63) is 42.1 Å². The van der Waals surface area contributed by atoms with E-state index in [4.69, 9.17) is 9.84 Å². The highest BCUT2D eigenvalue weighted by Gasteiger charge is 2.22. The minimum Gasteiger partial charge on any atom is -0.376 e. The molecule has 0 aliphatic carbocycles. The second-order valence-corrected chi connectivity index (χ2v) is 9.47. The fourth-order valence-electron chi connectivity index (χ4n) is 3.31. The predicted molar refractivity (Wildman–Crippen MR) is 118 cm³/mol. The number of anilines is 1. The van der Waals surface area contributed by atoms with Crippen LogP contribution in [0, 0.1) is 0 Å². The zero-order valence-electron chi connectivity index (χ0n) is 18.0. The van der Waals surface area contributed by atoms with Crippen molar-refractivity contribution in [2.75, 3.05) is 17.7 Å². The Morgan fingerprint density at radius 3 is 2.81 bits per heavy atom. The van der Waals surface area contributed by atoms with Gasteiger partial charge in [-0.3, -0.25) is 4.79 Å². The Hall–Kier alpha value is -2.72. The Morgan fingerprint density at radius 1 is 1.29 bits per heavy atom. The maximum absolute atomic E-state index is 12.7. The first-order chi connectivity index (χ1) is 14.9. The van der Waals surface area contributed by atoms with Gasteiger partial charge in [0.1, 0.15) is 5.82 Å². The molecule has 1 fully saturated rings. The van der Waals surface area contributed by atoms with Crippen molar-refractivity contribution in [1.29, 1.82) is 0 Å². The van der Waals surface area contributed by atoms with Gasteiger partial charge in [-0.2, -0.15) is 5.10 Å². The van der Waals surface area contributed by atoms with Crippen LogP contribution in [0.2, 0.25) is 0 Å². The topological polar surface area (TPSA) is 99.8 Å². The van der Waals surface area contributed by atoms with E-state index in [1.54, 1.807) is 9.36 Å². The highest BCUT2D eigenvalue weighted by atomic mass is 32.2. The van der Waals surface area contributed by atoms with Gasteiger partial charge >= 0.3 is 0 Å². The molecular weight excluding hydrogens is 414 g/mol. The SMILES string of the molecule is CC(C)(C)c1cc(NC(=O)CSc2nnnn2CC2CCCO2)n(-c2ccccc2)n1. The van der Waals surface area contributed by atoms with Crippen LogP contribution in [-0.4, -0.2) is 54.4 Å². The monoisotopic (exact) mass is 441 g/mol. The van der Waals surface area contributed by atoms with Crippen molar-refractivity contribution in [3.63, 3.8) is 0 Å². The van der Waals surface area contributed by atoms with Gasteiger partial charge in [0.05, 0.1) is 29.8 Å². The van der Waals surface area contributed by atoms with Gasteiger partial charge in [-0.1, -0.05) is 50.7 Å². The fourth-order valence-corrected chi connectivity index (χ4v) is 3.99. The Kier molecular flexibility index (Phi) is 6.38. The van der Waals surface area contributed by atoms with Crippen molar-refractivity contribution in [2.24, 2.45) is 0 Å². The van der Waals surface area contributed by atoms with Gasteiger partial charge in [0.15, 0.2) is 0 Å². The highest BCUT2D eigenvalue weighted by molar-refractivity contribution is 7.99. The molecule has 1 aliphatic rings. The Balaban J connectivity index is 1.44. The van der Waals surface area contributed by atoms with Crippen molar-refractivity contribution >= 4 is 23.5 Å². The lowest BCUT2D eigenvalue weighted by atomic mass is 9.92. The van der Waals surface area contributed by atoms with Crippen LogP contribution in [0.15, 0.2) is 41.6 Å². The predicted octanol–water partition coefficient (Wildman–Crippen LogP) is 3.07. The summed E-state index contributed by atoms with van der Waals surface area (Å²) in [4.78, 5) is 12.7. The van der Waals surface area contributed by atoms with Gasteiger partial charge in [0, 0.05) is 18.1 Å². The lowest BCUT2D eigenvalue weighted by Crippen LogP contribution is -2.19. The second kappa shape index (κ2) is 9.19. The molecule has 4 rings (SSSR count). The summed E-state index contributed by atoms with van der Waals surface area (Å²) in [5, 5.41) is 20.2. The number of rotatable bonds is 7. The van der Waals surface area contributed by atoms with Gasteiger partial charge in [-0.15, -0.1) is 5.10 Å². The van der Waals surface area contributed by atoms with Crippen LogP contribution >= 0.6 is 11.8 Å². The molecule has 164 valence electrons. The lowest BCUT2D eigenvalue weighted by molar-refractivity contribution is -0.113. The van der Waals surface area contributed by atoms with Gasteiger partial charge in [-0.05, 0) is 35.4 Å². The maximum atomic E-state index is 12.7. The number of para-hydroxylation sites is 1. The minimum absolute atomic E-state index is 0.132. The third-order valence-electron chi connectivity index (χ3n) is 4.98. The number of carbonyl (C=O) groups is 1. The first kappa shape index (κ1) is 21.5. The third-order valence-corrected chi connectivity index (χ3v) is 5.94. The second-order valence-electron chi connectivity index (χ2n) is 8.53. The molecule has 31 heavy (non-hydrogen) atoms. The Bertz CT molecular complexity index is 1020. The van der Waals surface area contributed by atoms with Crippen molar-refractivity contribution in [1.82, 2.24) is 30.0 Å². The smallest absolute Gasteiger partial charge is 0.236 e. The van der Waals surface area contributed by atoms with E-state index in [-0.39, 0.29) is 23.2 Å². The summed E-state index contributed by atoms with van der Waals surface area (Å²) in [5.41, 5.74) is 1.65. The quantitative estimate of drug-likeness (QED) is 0.563. The van der Waals surface area contributed by atoms with Crippen LogP contribution in [-0.2, 0) is 21.5 Å². The number of hydrogen-bond donors (Lipinski definition) is 1. The van der Waals surface area contributed by atoms with Crippen LogP contribution in [0.3, 0.4) is 0 Å². The molecule has 1 saturated heterocycles. The molecule has 1 atom stereocenters. The molecule has 0 radical (unpaired) electrons. The van der Waals surface area contributed by atoms with E-state index in [2.05, 4.69) is 41.6 Å². The summed E-state index contributed by atoms with van der Waals surface area (Å²) in [5.74, 6) is 0.686. The molecular formula is C21H27N7O2S. The number of aromatic nitrogens is 6. The number of benzene rings is 1. The number of nitrogens with zero attached hydrogens (tertiary/aromatic N) is 6. The first-order valence-corrected chi connectivity index (χ1v) is 11.3. The molecule has 1 N–H and O–H groups in total. The van der Waals surface area contributed by atoms with Crippen LogP contribution < -0.4 is 5.32 Å². The van der Waals surface area contributed by atoms with E-state index in [0.29, 0.717) is 17.5 Å². The fraction of sp³-hybridized carbons (Fsp3) is 0.476. The third kappa shape index (κ3) is 5.31. The van der Waals surface area contributed by atoms with Crippen LogP contribution in [0.1, 0.15) is 39.3 Å². The molecule has 1 amide bonds. The molecule has 2 aromatic heterocycles. The van der Waals surface area contributed by atoms with Crippen LogP contribution in [0.5, 0.6) is 0 Å². The van der Waals surface area contributed by atoms with E-state index in [0.717, 1.165) is 30.8 Å². The average molecular weight is 442 g/mol. The molecule has 1 aliphatic heterocycles. The number of ether oxygens (including phenoxy) is 1. The van der Waals surface area contributed by atoms with Crippen molar-refractivity contribution in [2.45, 2.75) is 56.8 Å². The van der Waals surface area contributed by atoms with E-state index in [1.165, 1.54) is 11.8 Å². The number of tetrazole rings is 1. The summed E-state index contributed by atoms with van der Waals surface area (Å²) < 4.78 is 9.13.